The molecule has 0 aliphatic rings. The van der Waals surface area contributed by atoms with Crippen LogP contribution in [0.15, 0.2) is 53.5 Å². The van der Waals surface area contributed by atoms with E-state index in [0.717, 1.165) is 17.0 Å². The summed E-state index contributed by atoms with van der Waals surface area (Å²) in [6, 6.07) is 14.6. The van der Waals surface area contributed by atoms with E-state index >= 15 is 0 Å². The van der Waals surface area contributed by atoms with Crippen molar-refractivity contribution in [3.63, 3.8) is 0 Å². The van der Waals surface area contributed by atoms with Crippen LogP contribution in [0.2, 0.25) is 0 Å². The van der Waals surface area contributed by atoms with Crippen LogP contribution in [0.1, 0.15) is 12.5 Å². The number of carbonyl (C=O) groups is 1. The Bertz CT molecular complexity index is 601. The fraction of sp³-hybridized carbons (Fsp3) is 0.125. The lowest BCUT2D eigenvalue weighted by atomic mass is 10.2. The molecule has 0 fully saturated rings. The molecule has 0 spiro atoms. The SMILES string of the molecule is COc1ccc(/C=N/c2ccc(OC(C)=O)cc2)cc1. The van der Waals surface area contributed by atoms with Crippen molar-refractivity contribution in [3.05, 3.63) is 54.1 Å². The Kier molecular flexibility index (Phi) is 4.50. The minimum atomic E-state index is -0.334. The highest BCUT2D eigenvalue weighted by molar-refractivity contribution is 5.82. The molecule has 0 heterocycles. The molecule has 102 valence electrons. The number of hydrogen-bond donors (Lipinski definition) is 0. The zero-order chi connectivity index (χ0) is 14.4. The number of aliphatic imine (C=N–C) groups is 1. The van der Waals surface area contributed by atoms with Crippen molar-refractivity contribution >= 4 is 17.9 Å². The third-order valence-electron chi connectivity index (χ3n) is 2.58. The summed E-state index contributed by atoms with van der Waals surface area (Å²) in [5.74, 6) is 0.994. The lowest BCUT2D eigenvalue weighted by Crippen LogP contribution is -2.00. The molecule has 0 saturated heterocycles. The molecule has 0 amide bonds. The van der Waals surface area contributed by atoms with Crippen LogP contribution in [0.4, 0.5) is 5.69 Å². The van der Waals surface area contributed by atoms with Gasteiger partial charge in [0.15, 0.2) is 0 Å². The van der Waals surface area contributed by atoms with Gasteiger partial charge in [-0.15, -0.1) is 0 Å². The molecule has 4 heteroatoms. The minimum absolute atomic E-state index is 0.334. The smallest absolute Gasteiger partial charge is 0.308 e. The van der Waals surface area contributed by atoms with E-state index in [4.69, 9.17) is 9.47 Å². The first-order valence-corrected chi connectivity index (χ1v) is 6.14. The average Bonchev–Trinajstić information content (AvgIpc) is 2.46. The summed E-state index contributed by atoms with van der Waals surface area (Å²) in [5.41, 5.74) is 1.77. The second-order valence-electron chi connectivity index (χ2n) is 4.12. The molecule has 2 aromatic carbocycles. The molecule has 4 nitrogen and oxygen atoms in total. The second-order valence-corrected chi connectivity index (χ2v) is 4.12. The van der Waals surface area contributed by atoms with Crippen LogP contribution in [0, 0.1) is 0 Å². The lowest BCUT2D eigenvalue weighted by molar-refractivity contribution is -0.131. The maximum atomic E-state index is 10.8. The summed E-state index contributed by atoms with van der Waals surface area (Å²) >= 11 is 0. The molecule has 0 N–H and O–H groups in total. The van der Waals surface area contributed by atoms with Crippen molar-refractivity contribution in [2.45, 2.75) is 6.92 Å². The maximum absolute atomic E-state index is 10.8. The maximum Gasteiger partial charge on any atom is 0.308 e. The Labute approximate surface area is 117 Å². The van der Waals surface area contributed by atoms with E-state index < -0.39 is 0 Å². The molecule has 0 unspecified atom stereocenters. The number of rotatable bonds is 4. The van der Waals surface area contributed by atoms with Gasteiger partial charge in [-0.2, -0.15) is 0 Å². The van der Waals surface area contributed by atoms with Crippen molar-refractivity contribution in [3.8, 4) is 11.5 Å². The number of hydrogen-bond acceptors (Lipinski definition) is 4. The number of benzene rings is 2. The summed E-state index contributed by atoms with van der Waals surface area (Å²) in [4.78, 5) is 15.1. The standard InChI is InChI=1S/C16H15NO3/c1-12(18)20-16-9-5-14(6-10-16)17-11-13-3-7-15(19-2)8-4-13/h3-11H,1-2H3/b17-11+. The highest BCUT2D eigenvalue weighted by Crippen LogP contribution is 2.18. The molecule has 0 radical (unpaired) electrons. The summed E-state index contributed by atoms with van der Waals surface area (Å²) in [7, 11) is 1.63. The fourth-order valence-corrected chi connectivity index (χ4v) is 1.61. The number of carbonyl (C=O) groups excluding carboxylic acids is 1. The second kappa shape index (κ2) is 6.52. The normalized spacial score (nSPS) is 10.5. The van der Waals surface area contributed by atoms with Crippen LogP contribution in [0.5, 0.6) is 11.5 Å². The molecule has 0 aliphatic carbocycles. The third kappa shape index (κ3) is 3.95. The molecule has 0 aromatic heterocycles. The van der Waals surface area contributed by atoms with Gasteiger partial charge in [-0.1, -0.05) is 0 Å². The largest absolute Gasteiger partial charge is 0.497 e. The summed E-state index contributed by atoms with van der Waals surface area (Å²) < 4.78 is 10.0. The lowest BCUT2D eigenvalue weighted by Gasteiger charge is -2.01. The Morgan fingerprint density at radius 3 is 2.15 bits per heavy atom. The van der Waals surface area contributed by atoms with Gasteiger partial charge in [0, 0.05) is 13.1 Å². The summed E-state index contributed by atoms with van der Waals surface area (Å²) in [5, 5.41) is 0. The summed E-state index contributed by atoms with van der Waals surface area (Å²) in [6.45, 7) is 1.37. The van der Waals surface area contributed by atoms with Gasteiger partial charge in [0.05, 0.1) is 12.8 Å². The Morgan fingerprint density at radius 1 is 1.00 bits per heavy atom. The van der Waals surface area contributed by atoms with E-state index in [9.17, 15) is 4.79 Å². The fourth-order valence-electron chi connectivity index (χ4n) is 1.61. The van der Waals surface area contributed by atoms with Gasteiger partial charge in [0.25, 0.3) is 0 Å². The zero-order valence-corrected chi connectivity index (χ0v) is 11.4. The van der Waals surface area contributed by atoms with Crippen LogP contribution >= 0.6 is 0 Å². The molecule has 0 aliphatic heterocycles. The topological polar surface area (TPSA) is 47.9 Å². The number of methoxy groups -OCH3 is 1. The summed E-state index contributed by atoms with van der Waals surface area (Å²) in [6.07, 6.45) is 1.76. The van der Waals surface area contributed by atoms with Crippen molar-refractivity contribution < 1.29 is 14.3 Å². The quantitative estimate of drug-likeness (QED) is 0.485. The van der Waals surface area contributed by atoms with Crippen LogP contribution in [0.25, 0.3) is 0 Å². The van der Waals surface area contributed by atoms with E-state index in [1.54, 1.807) is 37.6 Å². The first kappa shape index (κ1) is 13.8. The molecule has 0 saturated carbocycles. The van der Waals surface area contributed by atoms with Gasteiger partial charge in [0.2, 0.25) is 0 Å². The van der Waals surface area contributed by atoms with E-state index in [2.05, 4.69) is 4.99 Å². The molecule has 0 atom stereocenters. The first-order valence-electron chi connectivity index (χ1n) is 6.14. The van der Waals surface area contributed by atoms with Gasteiger partial charge < -0.3 is 9.47 Å². The molecule has 2 aromatic rings. The van der Waals surface area contributed by atoms with Crippen molar-refractivity contribution in [1.29, 1.82) is 0 Å². The number of ether oxygens (including phenoxy) is 2. The van der Waals surface area contributed by atoms with Crippen molar-refractivity contribution in [1.82, 2.24) is 0 Å². The Morgan fingerprint density at radius 2 is 1.60 bits per heavy atom. The van der Waals surface area contributed by atoms with Gasteiger partial charge in [0.1, 0.15) is 11.5 Å². The highest BCUT2D eigenvalue weighted by atomic mass is 16.5. The van der Waals surface area contributed by atoms with Crippen molar-refractivity contribution in [2.75, 3.05) is 7.11 Å². The molecular formula is C16H15NO3. The van der Waals surface area contributed by atoms with Gasteiger partial charge in [-0.25, -0.2) is 0 Å². The number of esters is 1. The van der Waals surface area contributed by atoms with E-state index in [-0.39, 0.29) is 5.97 Å². The molecule has 2 rings (SSSR count). The highest BCUT2D eigenvalue weighted by Gasteiger charge is 1.97. The van der Waals surface area contributed by atoms with Crippen LogP contribution in [0.3, 0.4) is 0 Å². The van der Waals surface area contributed by atoms with Crippen LogP contribution in [-0.4, -0.2) is 19.3 Å². The van der Waals surface area contributed by atoms with E-state index in [0.29, 0.717) is 5.75 Å². The molecular weight excluding hydrogens is 254 g/mol. The monoisotopic (exact) mass is 269 g/mol. The Balaban J connectivity index is 2.04. The van der Waals surface area contributed by atoms with Crippen LogP contribution < -0.4 is 9.47 Å². The molecule has 0 bridgehead atoms. The first-order chi connectivity index (χ1) is 9.67. The third-order valence-corrected chi connectivity index (χ3v) is 2.58. The van der Waals surface area contributed by atoms with E-state index in [1.807, 2.05) is 24.3 Å². The van der Waals surface area contributed by atoms with E-state index in [1.165, 1.54) is 6.92 Å². The van der Waals surface area contributed by atoms with Crippen molar-refractivity contribution in [2.24, 2.45) is 4.99 Å². The zero-order valence-electron chi connectivity index (χ0n) is 11.4. The predicted octanol–water partition coefficient (Wildman–Crippen LogP) is 3.37. The van der Waals surface area contributed by atoms with Crippen LogP contribution in [-0.2, 0) is 4.79 Å². The molecule has 20 heavy (non-hydrogen) atoms. The van der Waals surface area contributed by atoms with Gasteiger partial charge >= 0.3 is 5.97 Å². The Hall–Kier alpha value is -2.62. The average molecular weight is 269 g/mol. The van der Waals surface area contributed by atoms with Gasteiger partial charge in [-0.3, -0.25) is 9.79 Å². The predicted molar refractivity (Wildman–Crippen MR) is 78.0 cm³/mol. The number of nitrogens with zero attached hydrogens (tertiary/aromatic N) is 1. The van der Waals surface area contributed by atoms with Gasteiger partial charge in [-0.05, 0) is 54.1 Å². The minimum Gasteiger partial charge on any atom is -0.497 e.